The fourth-order valence-corrected chi connectivity index (χ4v) is 2.47. The number of nitrogens with zero attached hydrogens (tertiary/aromatic N) is 1. The molecule has 1 rings (SSSR count). The monoisotopic (exact) mass is 295 g/mol. The lowest BCUT2D eigenvalue weighted by Gasteiger charge is -2.19. The number of likely N-dealkylation sites (tertiary alicyclic amines) is 1. The van der Waals surface area contributed by atoms with Crippen LogP contribution < -0.4 is 11.1 Å². The van der Waals surface area contributed by atoms with Crippen molar-refractivity contribution in [1.29, 1.82) is 0 Å². The van der Waals surface area contributed by atoms with Crippen molar-refractivity contribution in [3.05, 3.63) is 0 Å². The molecule has 0 spiro atoms. The molecule has 0 bridgehead atoms. The van der Waals surface area contributed by atoms with Crippen molar-refractivity contribution in [2.24, 2.45) is 17.6 Å². The van der Waals surface area contributed by atoms with Crippen LogP contribution in [-0.4, -0.2) is 49.2 Å². The van der Waals surface area contributed by atoms with E-state index >= 15 is 0 Å². The van der Waals surface area contributed by atoms with Crippen molar-refractivity contribution in [2.75, 3.05) is 26.2 Å². The van der Waals surface area contributed by atoms with E-state index in [4.69, 9.17) is 5.73 Å². The van der Waals surface area contributed by atoms with E-state index in [2.05, 4.69) is 5.32 Å². The van der Waals surface area contributed by atoms with Crippen LogP contribution in [0.3, 0.4) is 0 Å². The Hall–Kier alpha value is -0.820. The van der Waals surface area contributed by atoms with E-state index in [1.165, 1.54) is 4.90 Å². The smallest absolute Gasteiger partial charge is 0.354 e. The van der Waals surface area contributed by atoms with Crippen molar-refractivity contribution in [3.63, 3.8) is 0 Å². The molecule has 4 nitrogen and oxygen atoms in total. The van der Waals surface area contributed by atoms with Crippen molar-refractivity contribution in [3.8, 4) is 0 Å². The van der Waals surface area contributed by atoms with Gasteiger partial charge in [-0.1, -0.05) is 13.8 Å². The maximum atomic E-state index is 12.2. The van der Waals surface area contributed by atoms with Crippen LogP contribution in [0.5, 0.6) is 0 Å². The minimum absolute atomic E-state index is 0.0764. The van der Waals surface area contributed by atoms with Gasteiger partial charge in [-0.2, -0.15) is 13.2 Å². The van der Waals surface area contributed by atoms with Crippen LogP contribution >= 0.6 is 0 Å². The molecule has 1 amide bonds. The summed E-state index contributed by atoms with van der Waals surface area (Å²) < 4.78 is 36.7. The summed E-state index contributed by atoms with van der Waals surface area (Å²) in [7, 11) is 0. The molecule has 2 unspecified atom stereocenters. The summed E-state index contributed by atoms with van der Waals surface area (Å²) >= 11 is 0. The van der Waals surface area contributed by atoms with Crippen LogP contribution in [0.2, 0.25) is 0 Å². The Morgan fingerprint density at radius 2 is 2.10 bits per heavy atom. The average Bonchev–Trinajstić information content (AvgIpc) is 2.70. The van der Waals surface area contributed by atoms with Crippen molar-refractivity contribution in [2.45, 2.75) is 38.9 Å². The highest BCUT2D eigenvalue weighted by Crippen LogP contribution is 2.22. The molecule has 3 N–H and O–H groups in total. The Bertz CT molecular complexity index is 320. The normalized spacial score (nSPS) is 22.2. The van der Waals surface area contributed by atoms with Crippen molar-refractivity contribution < 1.29 is 18.0 Å². The third-order valence-electron chi connectivity index (χ3n) is 3.40. The van der Waals surface area contributed by atoms with E-state index < -0.39 is 18.8 Å². The molecule has 118 valence electrons. The molecule has 0 aromatic carbocycles. The average molecular weight is 295 g/mol. The predicted octanol–water partition coefficient (Wildman–Crippen LogP) is 1.36. The van der Waals surface area contributed by atoms with Gasteiger partial charge < -0.3 is 11.1 Å². The number of halogens is 3. The number of nitrogens with two attached hydrogens (primary N) is 1. The van der Waals surface area contributed by atoms with E-state index in [0.717, 1.165) is 0 Å². The lowest BCUT2D eigenvalue weighted by Crippen LogP contribution is -2.43. The fourth-order valence-electron chi connectivity index (χ4n) is 2.47. The van der Waals surface area contributed by atoms with Gasteiger partial charge in [0.1, 0.15) is 0 Å². The van der Waals surface area contributed by atoms with Gasteiger partial charge in [0.2, 0.25) is 5.91 Å². The highest BCUT2D eigenvalue weighted by Gasteiger charge is 2.34. The summed E-state index contributed by atoms with van der Waals surface area (Å²) in [5.74, 6) is 0.199. The molecule has 1 heterocycles. The zero-order valence-corrected chi connectivity index (χ0v) is 12.0. The Kier molecular flexibility index (Phi) is 6.26. The van der Waals surface area contributed by atoms with Gasteiger partial charge in [-0.15, -0.1) is 0 Å². The van der Waals surface area contributed by atoms with E-state index in [-0.39, 0.29) is 11.8 Å². The van der Waals surface area contributed by atoms with Gasteiger partial charge >= 0.3 is 6.18 Å². The molecule has 0 aromatic heterocycles. The Balaban J connectivity index is 2.25. The molecule has 2 atom stereocenters. The largest absolute Gasteiger partial charge is 0.401 e. The summed E-state index contributed by atoms with van der Waals surface area (Å²) in [6.07, 6.45) is -2.87. The van der Waals surface area contributed by atoms with Gasteiger partial charge in [-0.3, -0.25) is 9.69 Å². The van der Waals surface area contributed by atoms with Crippen LogP contribution in [-0.2, 0) is 4.79 Å². The third-order valence-corrected chi connectivity index (χ3v) is 3.40. The SMILES string of the molecule is CC(C)CC(N)C(=O)NCC1CCN(CC(F)(F)F)C1. The van der Waals surface area contributed by atoms with Gasteiger partial charge in [-0.05, 0) is 31.2 Å². The summed E-state index contributed by atoms with van der Waals surface area (Å²) in [4.78, 5) is 13.1. The highest BCUT2D eigenvalue weighted by atomic mass is 19.4. The molecule has 1 saturated heterocycles. The number of nitrogens with one attached hydrogen (secondary N) is 1. The highest BCUT2D eigenvalue weighted by molar-refractivity contribution is 5.81. The van der Waals surface area contributed by atoms with Crippen molar-refractivity contribution in [1.82, 2.24) is 10.2 Å². The number of alkyl halides is 3. The van der Waals surface area contributed by atoms with Gasteiger partial charge in [0.05, 0.1) is 12.6 Å². The first-order valence-electron chi connectivity index (χ1n) is 6.99. The first-order valence-corrected chi connectivity index (χ1v) is 6.99. The van der Waals surface area contributed by atoms with Gasteiger partial charge in [-0.25, -0.2) is 0 Å². The Morgan fingerprint density at radius 3 is 2.65 bits per heavy atom. The molecular weight excluding hydrogens is 271 g/mol. The molecule has 7 heteroatoms. The number of hydrogen-bond donors (Lipinski definition) is 2. The standard InChI is InChI=1S/C13H24F3N3O/c1-9(2)5-11(17)12(20)18-6-10-3-4-19(7-10)8-13(14,15)16/h9-11H,3-8,17H2,1-2H3,(H,18,20). The number of carbonyl (C=O) groups is 1. The zero-order chi connectivity index (χ0) is 15.3. The topological polar surface area (TPSA) is 58.4 Å². The third kappa shape index (κ3) is 6.56. The summed E-state index contributed by atoms with van der Waals surface area (Å²) in [5.41, 5.74) is 5.74. The maximum absolute atomic E-state index is 12.2. The van der Waals surface area contributed by atoms with Gasteiger partial charge in [0.15, 0.2) is 0 Å². The Labute approximate surface area is 117 Å². The van der Waals surface area contributed by atoms with Gasteiger partial charge in [0, 0.05) is 13.1 Å². The number of carbonyl (C=O) groups excluding carboxylic acids is 1. The lowest BCUT2D eigenvalue weighted by atomic mass is 10.0. The molecule has 1 aliphatic rings. The van der Waals surface area contributed by atoms with Crippen LogP contribution in [0.1, 0.15) is 26.7 Å². The van der Waals surface area contributed by atoms with E-state index in [0.29, 0.717) is 38.4 Å². The quantitative estimate of drug-likeness (QED) is 0.778. The number of rotatable bonds is 6. The maximum Gasteiger partial charge on any atom is 0.401 e. The number of amides is 1. The second-order valence-corrected chi connectivity index (χ2v) is 5.99. The molecule has 0 saturated carbocycles. The molecule has 0 aliphatic carbocycles. The lowest BCUT2D eigenvalue weighted by molar-refractivity contribution is -0.143. The fraction of sp³-hybridized carbons (Fsp3) is 0.923. The molecular formula is C13H24F3N3O. The van der Waals surface area contributed by atoms with Crippen LogP contribution in [0.25, 0.3) is 0 Å². The summed E-state index contributed by atoms with van der Waals surface area (Å²) in [5, 5.41) is 2.74. The van der Waals surface area contributed by atoms with E-state index in [9.17, 15) is 18.0 Å². The van der Waals surface area contributed by atoms with E-state index in [1.54, 1.807) is 0 Å². The second-order valence-electron chi connectivity index (χ2n) is 5.99. The van der Waals surface area contributed by atoms with Crippen LogP contribution in [0.4, 0.5) is 13.2 Å². The summed E-state index contributed by atoms with van der Waals surface area (Å²) in [6, 6.07) is -0.539. The second kappa shape index (κ2) is 7.26. The Morgan fingerprint density at radius 1 is 1.45 bits per heavy atom. The molecule has 1 fully saturated rings. The van der Waals surface area contributed by atoms with Crippen LogP contribution in [0, 0.1) is 11.8 Å². The van der Waals surface area contributed by atoms with Crippen LogP contribution in [0.15, 0.2) is 0 Å². The minimum Gasteiger partial charge on any atom is -0.354 e. The molecule has 20 heavy (non-hydrogen) atoms. The molecule has 0 aromatic rings. The van der Waals surface area contributed by atoms with E-state index in [1.807, 2.05) is 13.8 Å². The molecule has 1 aliphatic heterocycles. The number of hydrogen-bond acceptors (Lipinski definition) is 3. The van der Waals surface area contributed by atoms with Gasteiger partial charge in [0.25, 0.3) is 0 Å². The summed E-state index contributed by atoms with van der Waals surface area (Å²) in [6.45, 7) is 4.30. The van der Waals surface area contributed by atoms with Crippen molar-refractivity contribution >= 4 is 5.91 Å². The minimum atomic E-state index is -4.16. The predicted molar refractivity (Wildman–Crippen MR) is 71.0 cm³/mol. The first kappa shape index (κ1) is 17.2. The first-order chi connectivity index (χ1) is 9.17. The zero-order valence-electron chi connectivity index (χ0n) is 12.0. The molecule has 0 radical (unpaired) electrons.